The lowest BCUT2D eigenvalue weighted by atomic mass is 10.1. The summed E-state index contributed by atoms with van der Waals surface area (Å²) in [7, 11) is 0. The van der Waals surface area contributed by atoms with Crippen LogP contribution < -0.4 is 4.74 Å². The standard InChI is InChI=1S/C23H23N3O/c1-2-3-15-27-22-11-9-19(10-12-22)16-21(17-24)23-25-13-14-26(23)18-20-7-5-4-6-8-20/h4-14,16H,2-3,15,18H2,1H3/b21-16+. The fourth-order valence-electron chi connectivity index (χ4n) is 2.77. The van der Waals surface area contributed by atoms with Crippen molar-refractivity contribution in [2.75, 3.05) is 6.61 Å². The van der Waals surface area contributed by atoms with Crippen LogP contribution in [0.4, 0.5) is 0 Å². The molecule has 0 aliphatic carbocycles. The quantitative estimate of drug-likeness (QED) is 0.412. The van der Waals surface area contributed by atoms with Gasteiger partial charge in [-0.2, -0.15) is 5.26 Å². The van der Waals surface area contributed by atoms with Crippen molar-refractivity contribution in [2.24, 2.45) is 0 Å². The van der Waals surface area contributed by atoms with Gasteiger partial charge in [-0.3, -0.25) is 0 Å². The number of unbranched alkanes of at least 4 members (excludes halogenated alkanes) is 1. The highest BCUT2D eigenvalue weighted by molar-refractivity contribution is 5.87. The van der Waals surface area contributed by atoms with Crippen LogP contribution in [0.5, 0.6) is 5.75 Å². The van der Waals surface area contributed by atoms with Gasteiger partial charge < -0.3 is 9.30 Å². The van der Waals surface area contributed by atoms with Gasteiger partial charge in [0.05, 0.1) is 12.2 Å². The first-order chi connectivity index (χ1) is 13.3. The maximum Gasteiger partial charge on any atom is 0.150 e. The van der Waals surface area contributed by atoms with Crippen LogP contribution in [0.3, 0.4) is 0 Å². The minimum absolute atomic E-state index is 0.538. The Morgan fingerprint density at radius 3 is 2.63 bits per heavy atom. The van der Waals surface area contributed by atoms with Crippen LogP contribution >= 0.6 is 0 Å². The van der Waals surface area contributed by atoms with Crippen molar-refractivity contribution in [2.45, 2.75) is 26.3 Å². The van der Waals surface area contributed by atoms with E-state index in [9.17, 15) is 5.26 Å². The summed E-state index contributed by atoms with van der Waals surface area (Å²) >= 11 is 0. The normalized spacial score (nSPS) is 11.2. The topological polar surface area (TPSA) is 50.8 Å². The van der Waals surface area contributed by atoms with Crippen LogP contribution in [0.1, 0.15) is 36.7 Å². The van der Waals surface area contributed by atoms with E-state index in [1.54, 1.807) is 6.20 Å². The number of aromatic nitrogens is 2. The van der Waals surface area contributed by atoms with E-state index < -0.39 is 0 Å². The second kappa shape index (κ2) is 9.40. The van der Waals surface area contributed by atoms with Gasteiger partial charge in [0.2, 0.25) is 0 Å². The molecule has 3 rings (SSSR count). The number of ether oxygens (including phenoxy) is 1. The Morgan fingerprint density at radius 2 is 1.93 bits per heavy atom. The van der Waals surface area contributed by atoms with Gasteiger partial charge in [0, 0.05) is 18.9 Å². The predicted octanol–water partition coefficient (Wildman–Crippen LogP) is 5.17. The van der Waals surface area contributed by atoms with E-state index in [0.717, 1.165) is 30.8 Å². The molecule has 0 saturated carbocycles. The van der Waals surface area contributed by atoms with Gasteiger partial charge in [-0.05, 0) is 35.8 Å². The first-order valence-corrected chi connectivity index (χ1v) is 9.20. The summed E-state index contributed by atoms with van der Waals surface area (Å²) in [6.07, 6.45) is 7.65. The average molecular weight is 357 g/mol. The number of hydrogen-bond acceptors (Lipinski definition) is 3. The lowest BCUT2D eigenvalue weighted by Crippen LogP contribution is -2.03. The highest BCUT2D eigenvalue weighted by Crippen LogP contribution is 2.20. The second-order valence-electron chi connectivity index (χ2n) is 6.31. The van der Waals surface area contributed by atoms with Gasteiger partial charge in [-0.15, -0.1) is 0 Å². The fourth-order valence-corrected chi connectivity index (χ4v) is 2.77. The smallest absolute Gasteiger partial charge is 0.150 e. The number of nitrogens with zero attached hydrogens (tertiary/aromatic N) is 3. The summed E-state index contributed by atoms with van der Waals surface area (Å²) < 4.78 is 7.68. The Kier molecular flexibility index (Phi) is 6.43. The largest absolute Gasteiger partial charge is 0.494 e. The van der Waals surface area contributed by atoms with Gasteiger partial charge >= 0.3 is 0 Å². The van der Waals surface area contributed by atoms with Gasteiger partial charge in [0.25, 0.3) is 0 Å². The summed E-state index contributed by atoms with van der Waals surface area (Å²) in [5.74, 6) is 1.52. The van der Waals surface area contributed by atoms with Gasteiger partial charge in [-0.1, -0.05) is 55.8 Å². The molecule has 4 heteroatoms. The summed E-state index contributed by atoms with van der Waals surface area (Å²) in [5, 5.41) is 9.65. The lowest BCUT2D eigenvalue weighted by molar-refractivity contribution is 0.309. The minimum atomic E-state index is 0.538. The Bertz CT molecular complexity index is 918. The molecule has 1 aromatic heterocycles. The van der Waals surface area contributed by atoms with E-state index in [1.807, 2.05) is 59.3 Å². The van der Waals surface area contributed by atoms with E-state index in [4.69, 9.17) is 4.74 Å². The second-order valence-corrected chi connectivity index (χ2v) is 6.31. The lowest BCUT2D eigenvalue weighted by Gasteiger charge is -2.08. The summed E-state index contributed by atoms with van der Waals surface area (Å²) in [4.78, 5) is 4.39. The first-order valence-electron chi connectivity index (χ1n) is 9.20. The SMILES string of the molecule is CCCCOc1ccc(/C=C(\C#N)c2nccn2Cc2ccccc2)cc1. The number of nitriles is 1. The molecule has 0 saturated heterocycles. The highest BCUT2D eigenvalue weighted by Gasteiger charge is 2.09. The molecule has 0 atom stereocenters. The van der Waals surface area contributed by atoms with Gasteiger partial charge in [0.15, 0.2) is 5.82 Å². The molecular formula is C23H23N3O. The minimum Gasteiger partial charge on any atom is -0.494 e. The van der Waals surface area contributed by atoms with Crippen LogP contribution in [0.25, 0.3) is 11.6 Å². The molecule has 0 fully saturated rings. The van der Waals surface area contributed by atoms with Crippen molar-refractivity contribution in [3.05, 3.63) is 83.9 Å². The molecule has 0 N–H and O–H groups in total. The fraction of sp³-hybridized carbons (Fsp3) is 0.217. The molecule has 0 aliphatic rings. The zero-order valence-corrected chi connectivity index (χ0v) is 15.5. The van der Waals surface area contributed by atoms with Crippen molar-refractivity contribution in [3.63, 3.8) is 0 Å². The molecular weight excluding hydrogens is 334 g/mol. The Labute approximate surface area is 160 Å². The Balaban J connectivity index is 1.77. The van der Waals surface area contributed by atoms with Crippen molar-refractivity contribution < 1.29 is 4.74 Å². The monoisotopic (exact) mass is 357 g/mol. The van der Waals surface area contributed by atoms with Gasteiger partial charge in [-0.25, -0.2) is 4.98 Å². The zero-order valence-electron chi connectivity index (χ0n) is 15.5. The first kappa shape index (κ1) is 18.5. The zero-order chi connectivity index (χ0) is 18.9. The number of allylic oxidation sites excluding steroid dienone is 1. The molecule has 2 aromatic carbocycles. The van der Waals surface area contributed by atoms with Crippen molar-refractivity contribution in [3.8, 4) is 11.8 Å². The van der Waals surface area contributed by atoms with E-state index in [2.05, 4.69) is 30.1 Å². The molecule has 4 nitrogen and oxygen atoms in total. The molecule has 0 spiro atoms. The number of imidazole rings is 1. The Hall–Kier alpha value is -3.32. The molecule has 1 heterocycles. The molecule has 0 unspecified atom stereocenters. The maximum atomic E-state index is 9.65. The molecule has 136 valence electrons. The molecule has 27 heavy (non-hydrogen) atoms. The van der Waals surface area contributed by atoms with Crippen LogP contribution in [0, 0.1) is 11.3 Å². The third-order valence-electron chi connectivity index (χ3n) is 4.23. The summed E-state index contributed by atoms with van der Waals surface area (Å²) in [5.41, 5.74) is 2.65. The molecule has 0 amide bonds. The number of hydrogen-bond donors (Lipinski definition) is 0. The van der Waals surface area contributed by atoms with Crippen LogP contribution in [-0.2, 0) is 6.54 Å². The van der Waals surface area contributed by atoms with E-state index in [1.165, 1.54) is 5.56 Å². The van der Waals surface area contributed by atoms with Crippen molar-refractivity contribution in [1.29, 1.82) is 5.26 Å². The third kappa shape index (κ3) is 5.08. The number of benzene rings is 2. The summed E-state index contributed by atoms with van der Waals surface area (Å²) in [6, 6.07) is 20.2. The van der Waals surface area contributed by atoms with Crippen LogP contribution in [0.2, 0.25) is 0 Å². The predicted molar refractivity (Wildman–Crippen MR) is 108 cm³/mol. The molecule has 3 aromatic rings. The Morgan fingerprint density at radius 1 is 1.15 bits per heavy atom. The van der Waals surface area contributed by atoms with Crippen molar-refractivity contribution >= 4 is 11.6 Å². The van der Waals surface area contributed by atoms with E-state index in [-0.39, 0.29) is 0 Å². The molecule has 0 radical (unpaired) electrons. The molecule has 0 aliphatic heterocycles. The van der Waals surface area contributed by atoms with Crippen molar-refractivity contribution in [1.82, 2.24) is 9.55 Å². The van der Waals surface area contributed by atoms with E-state index >= 15 is 0 Å². The van der Waals surface area contributed by atoms with Crippen LogP contribution in [-0.4, -0.2) is 16.2 Å². The summed E-state index contributed by atoms with van der Waals surface area (Å²) in [6.45, 7) is 3.55. The third-order valence-corrected chi connectivity index (χ3v) is 4.23. The average Bonchev–Trinajstić information content (AvgIpc) is 3.16. The maximum absolute atomic E-state index is 9.65. The van der Waals surface area contributed by atoms with Gasteiger partial charge in [0.1, 0.15) is 11.8 Å². The highest BCUT2D eigenvalue weighted by atomic mass is 16.5. The number of rotatable bonds is 8. The van der Waals surface area contributed by atoms with E-state index in [0.29, 0.717) is 17.9 Å². The molecule has 0 bridgehead atoms. The van der Waals surface area contributed by atoms with Crippen LogP contribution in [0.15, 0.2) is 67.0 Å².